The molecule has 1 atom stereocenters. The van der Waals surface area contributed by atoms with Crippen LogP contribution in [0.4, 0.5) is 5.69 Å². The van der Waals surface area contributed by atoms with Crippen LogP contribution < -0.4 is 14.8 Å². The highest BCUT2D eigenvalue weighted by Gasteiger charge is 2.22. The molecule has 1 fully saturated rings. The third-order valence-electron chi connectivity index (χ3n) is 4.05. The van der Waals surface area contributed by atoms with Gasteiger partial charge >= 0.3 is 0 Å². The van der Waals surface area contributed by atoms with E-state index in [2.05, 4.69) is 5.32 Å². The Hall–Kier alpha value is -1.07. The van der Waals surface area contributed by atoms with Crippen molar-refractivity contribution in [1.29, 1.82) is 0 Å². The van der Waals surface area contributed by atoms with E-state index in [1.807, 2.05) is 6.92 Å². The molecule has 1 aromatic carbocycles. The number of benzene rings is 1. The number of halogens is 1. The Morgan fingerprint density at radius 3 is 2.48 bits per heavy atom. The number of carbonyl (C=O) groups is 1. The molecule has 0 bridgehead atoms. The van der Waals surface area contributed by atoms with Crippen LogP contribution >= 0.6 is 23.4 Å². The molecule has 1 N–H and O–H groups in total. The van der Waals surface area contributed by atoms with Gasteiger partial charge in [-0.1, -0.05) is 30.9 Å². The highest BCUT2D eigenvalue weighted by atomic mass is 35.5. The largest absolute Gasteiger partial charge is 0.495 e. The van der Waals surface area contributed by atoms with Gasteiger partial charge in [-0.2, -0.15) is 0 Å². The Kier molecular flexibility index (Phi) is 6.90. The van der Waals surface area contributed by atoms with Crippen molar-refractivity contribution in [1.82, 2.24) is 0 Å². The van der Waals surface area contributed by atoms with Gasteiger partial charge in [-0.05, 0) is 25.8 Å². The Morgan fingerprint density at radius 2 is 1.87 bits per heavy atom. The van der Waals surface area contributed by atoms with Crippen LogP contribution in [0, 0.1) is 0 Å². The molecule has 1 aliphatic rings. The van der Waals surface area contributed by atoms with Crippen molar-refractivity contribution in [3.8, 4) is 11.5 Å². The number of ether oxygens (including phenoxy) is 2. The van der Waals surface area contributed by atoms with Crippen LogP contribution in [0.25, 0.3) is 0 Å². The van der Waals surface area contributed by atoms with Gasteiger partial charge in [0.1, 0.15) is 11.5 Å². The summed E-state index contributed by atoms with van der Waals surface area (Å²) in [6.07, 6.45) is 6.28. The molecule has 1 aliphatic carbocycles. The van der Waals surface area contributed by atoms with Crippen LogP contribution in [0.3, 0.4) is 0 Å². The third kappa shape index (κ3) is 4.95. The lowest BCUT2D eigenvalue weighted by molar-refractivity contribution is -0.115. The summed E-state index contributed by atoms with van der Waals surface area (Å²) in [6.45, 7) is 1.95. The maximum atomic E-state index is 12.5. The summed E-state index contributed by atoms with van der Waals surface area (Å²) in [5, 5.41) is 3.84. The third-order valence-corrected chi connectivity index (χ3v) is 5.82. The molecule has 0 radical (unpaired) electrons. The van der Waals surface area contributed by atoms with Gasteiger partial charge in [0.05, 0.1) is 30.2 Å². The summed E-state index contributed by atoms with van der Waals surface area (Å²) in [5.74, 6) is 1.03. The summed E-state index contributed by atoms with van der Waals surface area (Å²) in [7, 11) is 3.10. The van der Waals surface area contributed by atoms with Crippen LogP contribution in [0.15, 0.2) is 12.1 Å². The molecule has 128 valence electrons. The molecule has 1 aromatic rings. The Labute approximate surface area is 147 Å². The number of rotatable bonds is 6. The topological polar surface area (TPSA) is 47.6 Å². The van der Waals surface area contributed by atoms with E-state index in [9.17, 15) is 4.79 Å². The average molecular weight is 358 g/mol. The number of methoxy groups -OCH3 is 2. The average Bonchev–Trinajstić information content (AvgIpc) is 2.56. The van der Waals surface area contributed by atoms with Crippen molar-refractivity contribution in [2.75, 3.05) is 19.5 Å². The molecular weight excluding hydrogens is 334 g/mol. The fraction of sp³-hybridized carbons (Fsp3) is 0.588. The minimum atomic E-state index is -0.108. The van der Waals surface area contributed by atoms with Gasteiger partial charge in [0, 0.05) is 11.3 Å². The fourth-order valence-electron chi connectivity index (χ4n) is 2.74. The molecule has 2 rings (SSSR count). The van der Waals surface area contributed by atoms with E-state index in [0.717, 1.165) is 0 Å². The molecule has 23 heavy (non-hydrogen) atoms. The first-order chi connectivity index (χ1) is 11.0. The van der Waals surface area contributed by atoms with E-state index in [0.29, 0.717) is 27.5 Å². The Morgan fingerprint density at radius 1 is 1.22 bits per heavy atom. The Balaban J connectivity index is 2.02. The summed E-state index contributed by atoms with van der Waals surface area (Å²) in [6, 6.07) is 3.34. The number of carbonyl (C=O) groups excluding carboxylic acids is 1. The van der Waals surface area contributed by atoms with Gasteiger partial charge < -0.3 is 14.8 Å². The quantitative estimate of drug-likeness (QED) is 0.798. The molecule has 1 unspecified atom stereocenters. The molecule has 0 aromatic heterocycles. The summed E-state index contributed by atoms with van der Waals surface area (Å²) >= 11 is 7.90. The van der Waals surface area contributed by atoms with Crippen molar-refractivity contribution in [2.24, 2.45) is 0 Å². The zero-order valence-electron chi connectivity index (χ0n) is 13.9. The molecule has 0 spiro atoms. The van der Waals surface area contributed by atoms with E-state index in [1.54, 1.807) is 38.1 Å². The van der Waals surface area contributed by atoms with Crippen LogP contribution in [-0.2, 0) is 4.79 Å². The SMILES string of the molecule is COc1cc(OC)c(NC(=O)C(C)SC2CCCCC2)cc1Cl. The maximum absolute atomic E-state index is 12.5. The second-order valence-corrected chi connectivity index (χ2v) is 7.77. The summed E-state index contributed by atoms with van der Waals surface area (Å²) in [5.41, 5.74) is 0.569. The number of hydrogen-bond donors (Lipinski definition) is 1. The van der Waals surface area contributed by atoms with Crippen molar-refractivity contribution in [2.45, 2.75) is 49.5 Å². The van der Waals surface area contributed by atoms with Gasteiger partial charge in [0.15, 0.2) is 0 Å². The lowest BCUT2D eigenvalue weighted by atomic mass is 10.0. The van der Waals surface area contributed by atoms with E-state index in [-0.39, 0.29) is 11.2 Å². The molecule has 1 saturated carbocycles. The maximum Gasteiger partial charge on any atom is 0.237 e. The Bertz CT molecular complexity index is 547. The minimum Gasteiger partial charge on any atom is -0.495 e. The molecule has 0 saturated heterocycles. The van der Waals surface area contributed by atoms with Crippen LogP contribution in [0.2, 0.25) is 5.02 Å². The zero-order valence-corrected chi connectivity index (χ0v) is 15.4. The van der Waals surface area contributed by atoms with Crippen LogP contribution in [0.5, 0.6) is 11.5 Å². The summed E-state index contributed by atoms with van der Waals surface area (Å²) < 4.78 is 10.5. The molecular formula is C17H24ClNO3S. The molecule has 1 amide bonds. The van der Waals surface area contributed by atoms with E-state index in [1.165, 1.54) is 32.1 Å². The van der Waals surface area contributed by atoms with Gasteiger partial charge in [0.25, 0.3) is 0 Å². The first-order valence-corrected chi connectivity index (χ1v) is 9.25. The smallest absolute Gasteiger partial charge is 0.237 e. The van der Waals surface area contributed by atoms with Gasteiger partial charge in [-0.25, -0.2) is 0 Å². The van der Waals surface area contributed by atoms with Crippen molar-refractivity contribution in [3.05, 3.63) is 17.2 Å². The number of amides is 1. The molecule has 0 aliphatic heterocycles. The number of thioether (sulfide) groups is 1. The van der Waals surface area contributed by atoms with Crippen LogP contribution in [-0.4, -0.2) is 30.6 Å². The van der Waals surface area contributed by atoms with Crippen molar-refractivity contribution in [3.63, 3.8) is 0 Å². The van der Waals surface area contributed by atoms with E-state index in [4.69, 9.17) is 21.1 Å². The lowest BCUT2D eigenvalue weighted by Crippen LogP contribution is -2.25. The van der Waals surface area contributed by atoms with Crippen molar-refractivity contribution >= 4 is 35.0 Å². The molecule has 6 heteroatoms. The zero-order chi connectivity index (χ0) is 16.8. The number of anilines is 1. The van der Waals surface area contributed by atoms with Gasteiger partial charge in [-0.15, -0.1) is 11.8 Å². The van der Waals surface area contributed by atoms with Crippen LogP contribution in [0.1, 0.15) is 39.0 Å². The minimum absolute atomic E-state index is 0.0277. The van der Waals surface area contributed by atoms with E-state index >= 15 is 0 Å². The predicted molar refractivity (Wildman–Crippen MR) is 97.1 cm³/mol. The van der Waals surface area contributed by atoms with Gasteiger partial charge in [-0.3, -0.25) is 4.79 Å². The predicted octanol–water partition coefficient (Wildman–Crippen LogP) is 4.75. The second-order valence-electron chi connectivity index (χ2n) is 5.71. The second kappa shape index (κ2) is 8.69. The first kappa shape index (κ1) is 18.3. The lowest BCUT2D eigenvalue weighted by Gasteiger charge is -2.24. The normalized spacial score (nSPS) is 16.7. The summed E-state index contributed by atoms with van der Waals surface area (Å²) in [4.78, 5) is 12.5. The standard InChI is InChI=1S/C17H24ClNO3S/c1-11(23-12-7-5-4-6-8-12)17(20)19-14-9-13(18)15(21-2)10-16(14)22-3/h9-12H,4-8H2,1-3H3,(H,19,20). The van der Waals surface area contributed by atoms with Gasteiger partial charge in [0.2, 0.25) is 5.91 Å². The monoisotopic (exact) mass is 357 g/mol. The highest BCUT2D eigenvalue weighted by molar-refractivity contribution is 8.01. The first-order valence-electron chi connectivity index (χ1n) is 7.93. The van der Waals surface area contributed by atoms with E-state index < -0.39 is 0 Å². The fourth-order valence-corrected chi connectivity index (χ4v) is 4.35. The number of nitrogens with one attached hydrogen (secondary N) is 1. The highest BCUT2D eigenvalue weighted by Crippen LogP contribution is 2.37. The van der Waals surface area contributed by atoms with Crippen molar-refractivity contribution < 1.29 is 14.3 Å². The molecule has 4 nitrogen and oxygen atoms in total. The molecule has 0 heterocycles. The number of hydrogen-bond acceptors (Lipinski definition) is 4.